The molecule has 1 amide bonds. The first-order chi connectivity index (χ1) is 12.6. The summed E-state index contributed by atoms with van der Waals surface area (Å²) >= 11 is 0. The normalized spacial score (nSPS) is 12.0. The Morgan fingerprint density at radius 3 is 2.62 bits per heavy atom. The lowest BCUT2D eigenvalue weighted by Gasteiger charge is -2.22. The number of nitrogens with zero attached hydrogens (tertiary/aromatic N) is 3. The second-order valence-corrected chi connectivity index (χ2v) is 5.50. The molecule has 0 fully saturated rings. The van der Waals surface area contributed by atoms with Crippen LogP contribution in [0.2, 0.25) is 0 Å². The molecule has 136 valence electrons. The number of ether oxygens (including phenoxy) is 3. The second-order valence-electron chi connectivity index (χ2n) is 5.50. The van der Waals surface area contributed by atoms with E-state index in [1.54, 1.807) is 18.1 Å². The third-order valence-corrected chi connectivity index (χ3v) is 3.75. The van der Waals surface area contributed by atoms with Crippen molar-refractivity contribution in [2.45, 2.75) is 6.54 Å². The van der Waals surface area contributed by atoms with Gasteiger partial charge in [-0.05, 0) is 17.7 Å². The van der Waals surface area contributed by atoms with Crippen LogP contribution in [0.4, 0.5) is 0 Å². The van der Waals surface area contributed by atoms with Gasteiger partial charge in [0.25, 0.3) is 5.91 Å². The maximum Gasteiger partial charge on any atom is 0.356 e. The summed E-state index contributed by atoms with van der Waals surface area (Å²) in [5, 5.41) is 8.87. The lowest BCUT2D eigenvalue weighted by Crippen LogP contribution is -2.34. The Morgan fingerprint density at radius 1 is 1.19 bits per heavy atom. The molecule has 9 heteroatoms. The molecule has 0 atom stereocenters. The minimum atomic E-state index is -1.20. The van der Waals surface area contributed by atoms with Gasteiger partial charge < -0.3 is 24.2 Å². The van der Waals surface area contributed by atoms with Crippen LogP contribution in [0.15, 0.2) is 30.6 Å². The van der Waals surface area contributed by atoms with Crippen molar-refractivity contribution in [3.63, 3.8) is 0 Å². The van der Waals surface area contributed by atoms with Crippen molar-refractivity contribution in [2.75, 3.05) is 27.1 Å². The van der Waals surface area contributed by atoms with Crippen LogP contribution in [0.3, 0.4) is 0 Å². The highest BCUT2D eigenvalue weighted by Crippen LogP contribution is 2.32. The number of carboxylic acid groups (broad SMARTS) is 1. The highest BCUT2D eigenvalue weighted by molar-refractivity contribution is 5.92. The van der Waals surface area contributed by atoms with Crippen molar-refractivity contribution in [1.29, 1.82) is 0 Å². The fraction of sp³-hybridized carbons (Fsp3) is 0.294. The molecule has 0 spiro atoms. The van der Waals surface area contributed by atoms with Crippen LogP contribution in [-0.4, -0.2) is 58.9 Å². The van der Waals surface area contributed by atoms with Gasteiger partial charge in [0.2, 0.25) is 6.79 Å². The van der Waals surface area contributed by atoms with Crippen molar-refractivity contribution in [3.8, 4) is 11.5 Å². The molecule has 0 saturated carbocycles. The molecule has 0 radical (unpaired) electrons. The summed E-state index contributed by atoms with van der Waals surface area (Å²) in [6.45, 7) is 1.17. The van der Waals surface area contributed by atoms with Crippen molar-refractivity contribution in [1.82, 2.24) is 14.9 Å². The van der Waals surface area contributed by atoms with Crippen LogP contribution in [0.25, 0.3) is 0 Å². The maximum absolute atomic E-state index is 12.7. The fourth-order valence-electron chi connectivity index (χ4n) is 2.42. The lowest BCUT2D eigenvalue weighted by molar-refractivity contribution is 0.0664. The lowest BCUT2D eigenvalue weighted by atomic mass is 10.2. The van der Waals surface area contributed by atoms with Gasteiger partial charge in [-0.15, -0.1) is 0 Å². The van der Waals surface area contributed by atoms with Crippen LogP contribution in [0.1, 0.15) is 26.5 Å². The largest absolute Gasteiger partial charge is 0.476 e. The number of hydrogen-bond acceptors (Lipinski definition) is 7. The van der Waals surface area contributed by atoms with Gasteiger partial charge >= 0.3 is 5.97 Å². The summed E-state index contributed by atoms with van der Waals surface area (Å²) in [5.74, 6) is -0.275. The van der Waals surface area contributed by atoms with E-state index < -0.39 is 5.97 Å². The van der Waals surface area contributed by atoms with Gasteiger partial charge in [-0.1, -0.05) is 6.07 Å². The zero-order valence-corrected chi connectivity index (χ0v) is 14.0. The molecular weight excluding hydrogens is 342 g/mol. The second kappa shape index (κ2) is 7.79. The Morgan fingerprint density at radius 2 is 1.92 bits per heavy atom. The summed E-state index contributed by atoms with van der Waals surface area (Å²) in [4.78, 5) is 32.8. The molecule has 0 aliphatic carbocycles. The topological polar surface area (TPSA) is 111 Å². The van der Waals surface area contributed by atoms with E-state index in [0.717, 1.165) is 18.0 Å². The molecular formula is C17H17N3O6. The number of aromatic carboxylic acids is 1. The van der Waals surface area contributed by atoms with Gasteiger partial charge in [-0.2, -0.15) is 0 Å². The van der Waals surface area contributed by atoms with Crippen LogP contribution >= 0.6 is 0 Å². The van der Waals surface area contributed by atoms with Crippen LogP contribution in [-0.2, 0) is 11.3 Å². The van der Waals surface area contributed by atoms with E-state index in [-0.39, 0.29) is 24.1 Å². The quantitative estimate of drug-likeness (QED) is 0.785. The summed E-state index contributed by atoms with van der Waals surface area (Å²) < 4.78 is 15.7. The van der Waals surface area contributed by atoms with Gasteiger partial charge in [-0.25, -0.2) is 14.8 Å². The Bertz CT molecular complexity index is 809. The number of carbonyl (C=O) groups excluding carboxylic acids is 1. The fourth-order valence-corrected chi connectivity index (χ4v) is 2.42. The number of fused-ring (bicyclic) bond motifs is 1. The van der Waals surface area contributed by atoms with Gasteiger partial charge in [0.05, 0.1) is 19.0 Å². The summed E-state index contributed by atoms with van der Waals surface area (Å²) in [6.07, 6.45) is 2.22. The first-order valence-corrected chi connectivity index (χ1v) is 7.80. The first-order valence-electron chi connectivity index (χ1n) is 7.80. The first kappa shape index (κ1) is 17.6. The number of aromatic nitrogens is 2. The summed E-state index contributed by atoms with van der Waals surface area (Å²) in [6, 6.07) is 5.45. The molecule has 26 heavy (non-hydrogen) atoms. The highest BCUT2D eigenvalue weighted by atomic mass is 16.7. The smallest absolute Gasteiger partial charge is 0.356 e. The Kier molecular flexibility index (Phi) is 5.28. The number of carbonyl (C=O) groups is 2. The third-order valence-electron chi connectivity index (χ3n) is 3.75. The minimum Gasteiger partial charge on any atom is -0.476 e. The monoisotopic (exact) mass is 359 g/mol. The average molecular weight is 359 g/mol. The molecule has 9 nitrogen and oxygen atoms in total. The van der Waals surface area contributed by atoms with E-state index >= 15 is 0 Å². The van der Waals surface area contributed by atoms with E-state index in [4.69, 9.17) is 19.3 Å². The molecule has 2 heterocycles. The molecule has 0 unspecified atom stereocenters. The van der Waals surface area contributed by atoms with E-state index in [2.05, 4.69) is 9.97 Å². The van der Waals surface area contributed by atoms with Crippen LogP contribution in [0, 0.1) is 0 Å². The van der Waals surface area contributed by atoms with Crippen molar-refractivity contribution >= 4 is 11.9 Å². The number of carboxylic acids is 1. The van der Waals surface area contributed by atoms with Gasteiger partial charge in [0.15, 0.2) is 17.2 Å². The van der Waals surface area contributed by atoms with Crippen molar-refractivity contribution in [3.05, 3.63) is 47.5 Å². The number of benzene rings is 1. The number of rotatable bonds is 7. The van der Waals surface area contributed by atoms with E-state index in [0.29, 0.717) is 31.2 Å². The van der Waals surface area contributed by atoms with Crippen molar-refractivity contribution in [2.24, 2.45) is 0 Å². The zero-order valence-electron chi connectivity index (χ0n) is 14.0. The molecule has 0 bridgehead atoms. The number of hydrogen-bond donors (Lipinski definition) is 1. The molecule has 3 rings (SSSR count). The van der Waals surface area contributed by atoms with Gasteiger partial charge in [0.1, 0.15) is 5.69 Å². The Labute approximate surface area is 149 Å². The standard InChI is InChI=1S/C17H17N3O6/c1-24-5-4-20(9-11-2-3-14-15(6-11)26-10-25-14)16(21)12-7-19-13(8-18-12)17(22)23/h2-3,6-8H,4-5,9-10H2,1H3,(H,22,23). The highest BCUT2D eigenvalue weighted by Gasteiger charge is 2.20. The number of amides is 1. The minimum absolute atomic E-state index is 0.0619. The predicted octanol–water partition coefficient (Wildman–Crippen LogP) is 1.19. The van der Waals surface area contributed by atoms with Gasteiger partial charge in [0, 0.05) is 20.2 Å². The zero-order chi connectivity index (χ0) is 18.5. The molecule has 0 saturated heterocycles. The number of methoxy groups -OCH3 is 1. The third kappa shape index (κ3) is 3.89. The Hall–Kier alpha value is -3.20. The molecule has 1 aliphatic rings. The Balaban J connectivity index is 1.78. The molecule has 1 aliphatic heterocycles. The molecule has 2 aromatic rings. The van der Waals surface area contributed by atoms with Crippen molar-refractivity contribution < 1.29 is 28.9 Å². The molecule has 1 N–H and O–H groups in total. The summed E-state index contributed by atoms with van der Waals surface area (Å²) in [5.41, 5.74) is 0.696. The van der Waals surface area contributed by atoms with Crippen LogP contribution < -0.4 is 9.47 Å². The molecule has 1 aromatic heterocycles. The summed E-state index contributed by atoms with van der Waals surface area (Å²) in [7, 11) is 1.55. The maximum atomic E-state index is 12.7. The van der Waals surface area contributed by atoms with Gasteiger partial charge in [-0.3, -0.25) is 4.79 Å². The average Bonchev–Trinajstić information content (AvgIpc) is 3.12. The SMILES string of the molecule is COCCN(Cc1ccc2c(c1)OCO2)C(=O)c1cnc(C(=O)O)cn1. The van der Waals surface area contributed by atoms with E-state index in [1.165, 1.54) is 0 Å². The predicted molar refractivity (Wildman–Crippen MR) is 88.2 cm³/mol. The van der Waals surface area contributed by atoms with E-state index in [1.807, 2.05) is 12.1 Å². The molecule has 1 aromatic carbocycles. The van der Waals surface area contributed by atoms with E-state index in [9.17, 15) is 9.59 Å². The van der Waals surface area contributed by atoms with Crippen LogP contribution in [0.5, 0.6) is 11.5 Å².